The molecule has 1 saturated carbocycles. The van der Waals surface area contributed by atoms with Crippen molar-refractivity contribution in [3.63, 3.8) is 0 Å². The Morgan fingerprint density at radius 1 is 1.17 bits per heavy atom. The molecule has 3 N–H and O–H groups in total. The number of alkyl halides is 1. The molecule has 0 radical (unpaired) electrons. The molecule has 1 unspecified atom stereocenters. The Labute approximate surface area is 157 Å². The van der Waals surface area contributed by atoms with Crippen LogP contribution < -0.4 is 16.2 Å². The Morgan fingerprint density at radius 3 is 2.54 bits per heavy atom. The number of hydrogen-bond acceptors (Lipinski definition) is 7. The lowest BCUT2D eigenvalue weighted by Crippen LogP contribution is -2.55. The summed E-state index contributed by atoms with van der Waals surface area (Å²) in [5.41, 5.74) is 10.8. The number of nitrogens with zero attached hydrogens (tertiary/aromatic N) is 5. The third kappa shape index (κ3) is 3.14. The molecule has 1 aromatic heterocycles. The standard InChI is InChI=1S/C16H26IN7/c1-22-6-8-23(9-7-22)12-2-4-13(5-3-12)24-15-14(10-19-11-20-15)16(17,18)21-24/h10-13,21H,2-9,18H2,1H3. The van der Waals surface area contributed by atoms with Gasteiger partial charge in [0.2, 0.25) is 0 Å². The van der Waals surface area contributed by atoms with Crippen LogP contribution in [0.4, 0.5) is 5.82 Å². The van der Waals surface area contributed by atoms with E-state index in [-0.39, 0.29) is 0 Å². The van der Waals surface area contributed by atoms with Crippen LogP contribution in [0.2, 0.25) is 0 Å². The Hall–Kier alpha value is -0.550. The van der Waals surface area contributed by atoms with Crippen molar-refractivity contribution in [3.8, 4) is 0 Å². The van der Waals surface area contributed by atoms with Gasteiger partial charge < -0.3 is 4.90 Å². The summed E-state index contributed by atoms with van der Waals surface area (Å²) < 4.78 is -0.608. The second kappa shape index (κ2) is 6.64. The summed E-state index contributed by atoms with van der Waals surface area (Å²) in [6, 6.07) is 1.20. The van der Waals surface area contributed by atoms with Crippen LogP contribution >= 0.6 is 22.6 Å². The smallest absolute Gasteiger partial charge is 0.167 e. The topological polar surface area (TPSA) is 73.5 Å². The zero-order chi connectivity index (χ0) is 16.7. The van der Waals surface area contributed by atoms with Crippen LogP contribution in [0.3, 0.4) is 0 Å². The number of aromatic nitrogens is 2. The molecule has 7 nitrogen and oxygen atoms in total. The van der Waals surface area contributed by atoms with Crippen LogP contribution in [0.1, 0.15) is 31.2 Å². The number of likely N-dealkylation sites (N-methyl/N-ethyl adjacent to an activating group) is 1. The molecule has 0 aromatic carbocycles. The highest BCUT2D eigenvalue weighted by molar-refractivity contribution is 14.1. The number of halogens is 1. The molecule has 2 aliphatic heterocycles. The number of hydrazine groups is 1. The second-order valence-corrected chi connectivity index (χ2v) is 8.96. The van der Waals surface area contributed by atoms with Crippen molar-refractivity contribution < 1.29 is 0 Å². The highest BCUT2D eigenvalue weighted by Gasteiger charge is 2.42. The van der Waals surface area contributed by atoms with E-state index in [9.17, 15) is 0 Å². The van der Waals surface area contributed by atoms with E-state index in [1.165, 1.54) is 51.9 Å². The van der Waals surface area contributed by atoms with Gasteiger partial charge in [0, 0.05) is 44.5 Å². The van der Waals surface area contributed by atoms with Gasteiger partial charge in [-0.05, 0) is 55.3 Å². The minimum atomic E-state index is -0.608. The predicted octanol–water partition coefficient (Wildman–Crippen LogP) is 0.864. The van der Waals surface area contributed by atoms with Gasteiger partial charge >= 0.3 is 0 Å². The number of nitrogens with two attached hydrogens (primary N) is 1. The van der Waals surface area contributed by atoms with E-state index in [1.54, 1.807) is 6.33 Å². The summed E-state index contributed by atoms with van der Waals surface area (Å²) in [4.78, 5) is 13.7. The molecule has 1 aliphatic carbocycles. The molecule has 0 bridgehead atoms. The van der Waals surface area contributed by atoms with Crippen molar-refractivity contribution in [2.24, 2.45) is 5.73 Å². The minimum absolute atomic E-state index is 0.461. The molecule has 1 saturated heterocycles. The summed E-state index contributed by atoms with van der Waals surface area (Å²) in [6.45, 7) is 4.82. The van der Waals surface area contributed by atoms with E-state index in [2.05, 4.69) is 59.8 Å². The van der Waals surface area contributed by atoms with E-state index in [0.717, 1.165) is 17.4 Å². The third-order valence-electron chi connectivity index (χ3n) is 5.68. The molecule has 2 fully saturated rings. The van der Waals surface area contributed by atoms with Crippen molar-refractivity contribution in [1.82, 2.24) is 25.2 Å². The normalized spacial score (nSPS) is 35.2. The van der Waals surface area contributed by atoms with Gasteiger partial charge in [-0.25, -0.2) is 9.97 Å². The van der Waals surface area contributed by atoms with E-state index in [4.69, 9.17) is 5.73 Å². The monoisotopic (exact) mass is 443 g/mol. The molecule has 4 rings (SSSR count). The quantitative estimate of drug-likeness (QED) is 0.399. The number of anilines is 1. The van der Waals surface area contributed by atoms with Crippen molar-refractivity contribution in [2.75, 3.05) is 38.2 Å². The Morgan fingerprint density at radius 2 is 1.83 bits per heavy atom. The maximum atomic E-state index is 6.38. The Bertz CT molecular complexity index is 580. The van der Waals surface area contributed by atoms with Gasteiger partial charge in [-0.3, -0.25) is 15.6 Å². The molecule has 8 heteroatoms. The van der Waals surface area contributed by atoms with Crippen molar-refractivity contribution in [1.29, 1.82) is 0 Å². The van der Waals surface area contributed by atoms with E-state index in [0.29, 0.717) is 6.04 Å². The lowest BCUT2D eigenvalue weighted by atomic mass is 9.89. The van der Waals surface area contributed by atoms with Gasteiger partial charge in [0.05, 0.1) is 5.56 Å². The molecule has 1 atom stereocenters. The molecule has 0 spiro atoms. The zero-order valence-electron chi connectivity index (χ0n) is 14.2. The van der Waals surface area contributed by atoms with Gasteiger partial charge in [0.25, 0.3) is 0 Å². The van der Waals surface area contributed by atoms with Crippen molar-refractivity contribution in [3.05, 3.63) is 18.1 Å². The average molecular weight is 443 g/mol. The summed E-state index contributed by atoms with van der Waals surface area (Å²) in [5.74, 6) is 0.949. The fourth-order valence-corrected chi connectivity index (χ4v) is 4.83. The summed E-state index contributed by atoms with van der Waals surface area (Å²) in [5, 5.41) is 2.20. The molecule has 3 heterocycles. The number of hydrogen-bond donors (Lipinski definition) is 2. The lowest BCUT2D eigenvalue weighted by molar-refractivity contribution is 0.0867. The molecule has 1 aromatic rings. The fraction of sp³-hybridized carbons (Fsp3) is 0.750. The van der Waals surface area contributed by atoms with Crippen LogP contribution in [0.25, 0.3) is 0 Å². The maximum Gasteiger partial charge on any atom is 0.167 e. The third-order valence-corrected chi connectivity index (χ3v) is 6.50. The molecule has 132 valence electrons. The highest BCUT2D eigenvalue weighted by atomic mass is 127. The summed E-state index contributed by atoms with van der Waals surface area (Å²) in [6.07, 6.45) is 8.32. The number of rotatable bonds is 2. The van der Waals surface area contributed by atoms with E-state index < -0.39 is 3.67 Å². The van der Waals surface area contributed by atoms with Crippen molar-refractivity contribution >= 4 is 28.4 Å². The highest BCUT2D eigenvalue weighted by Crippen LogP contribution is 2.39. The molecule has 24 heavy (non-hydrogen) atoms. The first-order chi connectivity index (χ1) is 11.5. The number of piperazine rings is 1. The van der Waals surface area contributed by atoms with Crippen molar-refractivity contribution in [2.45, 2.75) is 41.4 Å². The lowest BCUT2D eigenvalue weighted by Gasteiger charge is -2.43. The van der Waals surface area contributed by atoms with Gasteiger partial charge in [-0.15, -0.1) is 0 Å². The SMILES string of the molecule is CN1CCN(C2CCC(N3NC(N)(I)c4cncnc43)CC2)CC1. The minimum Gasteiger partial charge on any atom is -0.304 e. The van der Waals surface area contributed by atoms with Crippen LogP contribution in [-0.4, -0.2) is 65.1 Å². The number of nitrogens with one attached hydrogen (secondary N) is 1. The molecule has 3 aliphatic rings. The maximum absolute atomic E-state index is 6.38. The Kier molecular flexibility index (Phi) is 4.67. The molecule has 0 amide bonds. The fourth-order valence-electron chi connectivity index (χ4n) is 4.19. The first-order valence-electron chi connectivity index (χ1n) is 8.82. The largest absolute Gasteiger partial charge is 0.304 e. The number of fused-ring (bicyclic) bond motifs is 1. The molecular formula is C16H26IN7. The summed E-state index contributed by atoms with van der Waals surface area (Å²) >= 11 is 2.24. The predicted molar refractivity (Wildman–Crippen MR) is 103 cm³/mol. The zero-order valence-corrected chi connectivity index (χ0v) is 16.3. The Balaban J connectivity index is 1.40. The van der Waals surface area contributed by atoms with Crippen LogP contribution in [0.5, 0.6) is 0 Å². The first-order valence-corrected chi connectivity index (χ1v) is 9.90. The second-order valence-electron chi connectivity index (χ2n) is 7.26. The van der Waals surface area contributed by atoms with Gasteiger partial charge in [-0.2, -0.15) is 5.43 Å². The van der Waals surface area contributed by atoms with Gasteiger partial charge in [0.15, 0.2) is 9.49 Å². The van der Waals surface area contributed by atoms with Crippen LogP contribution in [-0.2, 0) is 3.67 Å². The average Bonchev–Trinajstić information content (AvgIpc) is 2.88. The van der Waals surface area contributed by atoms with Gasteiger partial charge in [0.1, 0.15) is 6.33 Å². The first kappa shape index (κ1) is 16.9. The van der Waals surface area contributed by atoms with Gasteiger partial charge in [-0.1, -0.05) is 0 Å². The van der Waals surface area contributed by atoms with E-state index >= 15 is 0 Å². The molecular weight excluding hydrogens is 417 g/mol. The van der Waals surface area contributed by atoms with E-state index in [1.807, 2.05) is 6.20 Å². The summed E-state index contributed by atoms with van der Waals surface area (Å²) in [7, 11) is 2.22. The van der Waals surface area contributed by atoms with Crippen LogP contribution in [0, 0.1) is 0 Å². The van der Waals surface area contributed by atoms with Crippen LogP contribution in [0.15, 0.2) is 12.5 Å².